The van der Waals surface area contributed by atoms with E-state index in [4.69, 9.17) is 5.14 Å². The Labute approximate surface area is 149 Å². The first kappa shape index (κ1) is 16.4. The Morgan fingerprint density at radius 1 is 1.12 bits per heavy atom. The number of anilines is 1. The largest absolute Gasteiger partial charge is 0.325 e. The monoisotopic (exact) mass is 368 g/mol. The molecule has 0 aliphatic carbocycles. The van der Waals surface area contributed by atoms with Gasteiger partial charge in [0.2, 0.25) is 0 Å². The third-order valence-electron chi connectivity index (χ3n) is 4.01. The van der Waals surface area contributed by atoms with Crippen molar-refractivity contribution in [1.29, 1.82) is 0 Å². The first-order valence-electron chi connectivity index (χ1n) is 7.86. The summed E-state index contributed by atoms with van der Waals surface area (Å²) in [5, 5.41) is 5.92. The van der Waals surface area contributed by atoms with E-state index in [0.717, 1.165) is 27.7 Å². The third kappa shape index (κ3) is 3.22. The maximum absolute atomic E-state index is 11.1. The number of nitrogens with one attached hydrogen (secondary N) is 1. The molecule has 4 aromatic rings. The van der Waals surface area contributed by atoms with Gasteiger partial charge in [-0.25, -0.2) is 20.1 Å². The molecule has 132 valence electrons. The number of hydrogen-bond donors (Lipinski definition) is 2. The summed E-state index contributed by atoms with van der Waals surface area (Å²) in [7, 11) is -3.78. The van der Waals surface area contributed by atoms with Gasteiger partial charge in [-0.1, -0.05) is 12.1 Å². The van der Waals surface area contributed by atoms with E-state index in [1.54, 1.807) is 24.7 Å². The number of aryl methyl sites for hydroxylation is 1. The second-order valence-corrected chi connectivity index (χ2v) is 7.33. The second-order valence-electron chi connectivity index (χ2n) is 6.03. The molecule has 0 saturated heterocycles. The van der Waals surface area contributed by atoms with Gasteiger partial charge in [0.1, 0.15) is 5.52 Å². The van der Waals surface area contributed by atoms with Crippen LogP contribution in [0.2, 0.25) is 0 Å². The third-order valence-corrected chi connectivity index (χ3v) is 4.53. The highest BCUT2D eigenvalue weighted by atomic mass is 32.2. The average Bonchev–Trinajstić information content (AvgIpc) is 2.98. The minimum absolute atomic E-state index is 0.418. The van der Waals surface area contributed by atoms with Crippen molar-refractivity contribution in [2.24, 2.45) is 5.14 Å². The number of hydrogen-bond acceptors (Lipinski definition) is 5. The fraction of sp³-hybridized carbons (Fsp3) is 0.118. The summed E-state index contributed by atoms with van der Waals surface area (Å²) in [5.41, 5.74) is 4.78. The Morgan fingerprint density at radius 2 is 1.88 bits per heavy atom. The number of imidazole rings is 1. The molecule has 0 atom stereocenters. The Bertz CT molecular complexity index is 1220. The molecule has 0 bridgehead atoms. The molecule has 0 spiro atoms. The number of rotatable bonds is 4. The van der Waals surface area contributed by atoms with Crippen LogP contribution >= 0.6 is 0 Å². The summed E-state index contributed by atoms with van der Waals surface area (Å²) in [4.78, 5) is 13.3. The van der Waals surface area contributed by atoms with E-state index in [0.29, 0.717) is 17.9 Å². The highest BCUT2D eigenvalue weighted by Crippen LogP contribution is 2.23. The van der Waals surface area contributed by atoms with Crippen molar-refractivity contribution in [3.05, 3.63) is 60.2 Å². The van der Waals surface area contributed by atoms with E-state index in [1.165, 1.54) is 0 Å². The Balaban J connectivity index is 1.71. The topological polar surface area (TPSA) is 116 Å². The van der Waals surface area contributed by atoms with Crippen molar-refractivity contribution >= 4 is 38.0 Å². The maximum atomic E-state index is 11.1. The summed E-state index contributed by atoms with van der Waals surface area (Å²) < 4.78 is 26.4. The molecule has 0 aliphatic heterocycles. The molecule has 0 saturated carbocycles. The van der Waals surface area contributed by atoms with Gasteiger partial charge in [0, 0.05) is 23.3 Å². The quantitative estimate of drug-likeness (QED) is 0.571. The molecule has 0 radical (unpaired) electrons. The molecule has 3 N–H and O–H groups in total. The summed E-state index contributed by atoms with van der Waals surface area (Å²) in [6.07, 6.45) is 3.49. The molecule has 8 nitrogen and oxygen atoms in total. The predicted molar refractivity (Wildman–Crippen MR) is 99.8 cm³/mol. The lowest BCUT2D eigenvalue weighted by atomic mass is 10.2. The van der Waals surface area contributed by atoms with Crippen LogP contribution < -0.4 is 9.86 Å². The number of pyridine rings is 2. The van der Waals surface area contributed by atoms with Crippen LogP contribution in [0.25, 0.3) is 22.1 Å². The van der Waals surface area contributed by atoms with E-state index in [-0.39, 0.29) is 0 Å². The first-order chi connectivity index (χ1) is 12.4. The van der Waals surface area contributed by atoms with Crippen LogP contribution in [0.4, 0.5) is 5.69 Å². The van der Waals surface area contributed by atoms with Crippen molar-refractivity contribution in [2.75, 3.05) is 4.72 Å². The number of aromatic nitrogens is 4. The first-order valence-corrected chi connectivity index (χ1v) is 9.40. The van der Waals surface area contributed by atoms with E-state index in [9.17, 15) is 8.42 Å². The van der Waals surface area contributed by atoms with E-state index >= 15 is 0 Å². The van der Waals surface area contributed by atoms with Gasteiger partial charge in [0.25, 0.3) is 10.2 Å². The molecular formula is C17H16N6O2S. The zero-order valence-electron chi connectivity index (χ0n) is 13.9. The molecule has 26 heavy (non-hydrogen) atoms. The van der Waals surface area contributed by atoms with Crippen molar-refractivity contribution in [3.8, 4) is 0 Å². The van der Waals surface area contributed by atoms with Gasteiger partial charge in [-0.3, -0.25) is 4.72 Å². The van der Waals surface area contributed by atoms with Crippen molar-refractivity contribution in [2.45, 2.75) is 13.5 Å². The molecule has 0 amide bonds. The molecule has 0 aliphatic rings. The Morgan fingerprint density at radius 3 is 2.62 bits per heavy atom. The van der Waals surface area contributed by atoms with Gasteiger partial charge in [-0.2, -0.15) is 8.42 Å². The lowest BCUT2D eigenvalue weighted by Crippen LogP contribution is -2.21. The van der Waals surface area contributed by atoms with Gasteiger partial charge in [-0.15, -0.1) is 0 Å². The molecule has 0 unspecified atom stereocenters. The minimum atomic E-state index is -3.78. The SMILES string of the molecule is Cc1ccc2c(ncc3ncn(Cc4ccc(NS(N)(=O)=O)cc4)c32)n1. The van der Waals surface area contributed by atoms with Gasteiger partial charge < -0.3 is 4.57 Å². The smallest absolute Gasteiger partial charge is 0.296 e. The average molecular weight is 368 g/mol. The van der Waals surface area contributed by atoms with E-state index < -0.39 is 10.2 Å². The van der Waals surface area contributed by atoms with Crippen LogP contribution in [0.5, 0.6) is 0 Å². The van der Waals surface area contributed by atoms with Crippen LogP contribution in [0.15, 0.2) is 48.9 Å². The number of benzene rings is 1. The van der Waals surface area contributed by atoms with Gasteiger partial charge in [0.15, 0.2) is 5.65 Å². The second kappa shape index (κ2) is 6.04. The highest BCUT2D eigenvalue weighted by Gasteiger charge is 2.10. The van der Waals surface area contributed by atoms with Gasteiger partial charge >= 0.3 is 0 Å². The fourth-order valence-corrected chi connectivity index (χ4v) is 3.36. The molecule has 3 aromatic heterocycles. The van der Waals surface area contributed by atoms with Crippen molar-refractivity contribution in [1.82, 2.24) is 19.5 Å². The Hall–Kier alpha value is -3.04. The highest BCUT2D eigenvalue weighted by molar-refractivity contribution is 7.90. The molecule has 3 heterocycles. The van der Waals surface area contributed by atoms with Crippen LogP contribution in [-0.2, 0) is 16.8 Å². The predicted octanol–water partition coefficient (Wildman–Crippen LogP) is 1.95. The van der Waals surface area contributed by atoms with Crippen molar-refractivity contribution in [3.63, 3.8) is 0 Å². The van der Waals surface area contributed by atoms with E-state index in [1.807, 2.05) is 35.8 Å². The normalized spacial score (nSPS) is 11.9. The van der Waals surface area contributed by atoms with Gasteiger partial charge in [0.05, 0.1) is 18.0 Å². The summed E-state index contributed by atoms with van der Waals surface area (Å²) in [5.74, 6) is 0. The van der Waals surface area contributed by atoms with Crippen LogP contribution in [0.3, 0.4) is 0 Å². The lowest BCUT2D eigenvalue weighted by Gasteiger charge is -2.08. The zero-order chi connectivity index (χ0) is 18.3. The van der Waals surface area contributed by atoms with Gasteiger partial charge in [-0.05, 0) is 36.8 Å². The van der Waals surface area contributed by atoms with Crippen LogP contribution in [0.1, 0.15) is 11.3 Å². The minimum Gasteiger partial charge on any atom is -0.325 e. The van der Waals surface area contributed by atoms with Crippen molar-refractivity contribution < 1.29 is 8.42 Å². The Kier molecular flexibility index (Phi) is 3.82. The standard InChI is InChI=1S/C17H16N6O2S/c1-11-2-7-14-16-15(8-19-17(14)21-11)20-10-23(16)9-12-3-5-13(6-4-12)22-26(18,24)25/h2-8,10,22H,9H2,1H3,(H2,18,24,25). The summed E-state index contributed by atoms with van der Waals surface area (Å²) in [6.45, 7) is 2.51. The van der Waals surface area contributed by atoms with Crippen LogP contribution in [0, 0.1) is 6.92 Å². The zero-order valence-corrected chi connectivity index (χ0v) is 14.7. The van der Waals surface area contributed by atoms with E-state index in [2.05, 4.69) is 19.7 Å². The number of nitrogens with two attached hydrogens (primary N) is 1. The molecule has 9 heteroatoms. The molecular weight excluding hydrogens is 352 g/mol. The molecule has 0 fully saturated rings. The number of nitrogens with zero attached hydrogens (tertiary/aromatic N) is 4. The maximum Gasteiger partial charge on any atom is 0.296 e. The summed E-state index contributed by atoms with van der Waals surface area (Å²) in [6, 6.07) is 11.0. The lowest BCUT2D eigenvalue weighted by molar-refractivity contribution is 0.603. The van der Waals surface area contributed by atoms with Crippen LogP contribution in [-0.4, -0.2) is 27.9 Å². The summed E-state index contributed by atoms with van der Waals surface area (Å²) >= 11 is 0. The molecule has 1 aromatic carbocycles. The molecule has 4 rings (SSSR count). The number of fused-ring (bicyclic) bond motifs is 3. The fourth-order valence-electron chi connectivity index (χ4n) is 2.89.